The molecule has 5 rings (SSSR count). The van der Waals surface area contributed by atoms with Crippen LogP contribution in [0.15, 0.2) is 30.6 Å². The fraction of sp³-hybridized carbons (Fsp3) is 0.593. The predicted molar refractivity (Wildman–Crippen MR) is 142 cm³/mol. The van der Waals surface area contributed by atoms with E-state index in [0.717, 1.165) is 81.0 Å². The van der Waals surface area contributed by atoms with Gasteiger partial charge in [0.05, 0.1) is 23.9 Å². The second-order valence-corrected chi connectivity index (χ2v) is 10.8. The highest BCUT2D eigenvalue weighted by Crippen LogP contribution is 2.43. The van der Waals surface area contributed by atoms with Crippen molar-refractivity contribution < 1.29 is 9.90 Å². The zero-order valence-corrected chi connectivity index (χ0v) is 21.9. The molecule has 0 saturated carbocycles. The number of aliphatic hydroxyl groups excluding tert-OH is 1. The minimum atomic E-state index is -0.504. The number of aromatic nitrogens is 2. The van der Waals surface area contributed by atoms with Gasteiger partial charge in [0.15, 0.2) is 0 Å². The summed E-state index contributed by atoms with van der Waals surface area (Å²) in [6, 6.07) is 8.26. The van der Waals surface area contributed by atoms with Crippen molar-refractivity contribution in [1.82, 2.24) is 25.1 Å². The third-order valence-corrected chi connectivity index (χ3v) is 8.55. The number of anilines is 1. The number of likely N-dealkylation sites (tertiary alicyclic amines) is 1. The lowest BCUT2D eigenvalue weighted by Crippen LogP contribution is -2.60. The van der Waals surface area contributed by atoms with Gasteiger partial charge in [0.1, 0.15) is 18.4 Å². The molecule has 1 aromatic carbocycles. The highest BCUT2D eigenvalue weighted by molar-refractivity contribution is 6.30. The maximum absolute atomic E-state index is 12.6. The van der Waals surface area contributed by atoms with Crippen molar-refractivity contribution in [2.75, 3.05) is 51.2 Å². The Morgan fingerprint density at radius 1 is 1.06 bits per heavy atom. The molecule has 3 aliphatic rings. The van der Waals surface area contributed by atoms with Crippen LogP contribution in [0.5, 0.6) is 0 Å². The van der Waals surface area contributed by atoms with Crippen LogP contribution in [-0.4, -0.2) is 89.7 Å². The number of fused-ring (bicyclic) bond motifs is 1. The summed E-state index contributed by atoms with van der Waals surface area (Å²) in [5, 5.41) is 14.5. The van der Waals surface area contributed by atoms with Gasteiger partial charge in [-0.3, -0.25) is 9.80 Å². The molecule has 0 spiro atoms. The number of hydrogen-bond acceptors (Lipinski definition) is 8. The summed E-state index contributed by atoms with van der Waals surface area (Å²) in [6.07, 6.45) is 5.05. The normalized spacial score (nSPS) is 25.5. The molecule has 2 saturated heterocycles. The van der Waals surface area contributed by atoms with E-state index in [9.17, 15) is 9.90 Å². The van der Waals surface area contributed by atoms with Crippen molar-refractivity contribution in [3.8, 4) is 0 Å². The van der Waals surface area contributed by atoms with Crippen LogP contribution >= 0.6 is 11.6 Å². The molecule has 0 bridgehead atoms. The Hall–Kier alpha value is -2.10. The van der Waals surface area contributed by atoms with Crippen molar-refractivity contribution >= 4 is 23.7 Å². The van der Waals surface area contributed by atoms with E-state index in [-0.39, 0.29) is 18.0 Å². The van der Waals surface area contributed by atoms with E-state index in [1.807, 2.05) is 31.3 Å². The maximum atomic E-state index is 12.6. The fourth-order valence-corrected chi connectivity index (χ4v) is 6.42. The number of carbonyl (C=O) groups excluding carboxylic acids is 1. The number of benzene rings is 1. The van der Waals surface area contributed by atoms with Crippen LogP contribution in [0.25, 0.3) is 0 Å². The summed E-state index contributed by atoms with van der Waals surface area (Å²) in [5.41, 5.74) is 2.88. The Morgan fingerprint density at radius 2 is 1.72 bits per heavy atom. The third kappa shape index (κ3) is 5.02. The zero-order chi connectivity index (χ0) is 25.2. The third-order valence-electron chi connectivity index (χ3n) is 8.30. The van der Waals surface area contributed by atoms with Gasteiger partial charge in [-0.05, 0) is 49.9 Å². The van der Waals surface area contributed by atoms with Crippen molar-refractivity contribution in [3.05, 3.63) is 52.4 Å². The Kier molecular flexibility index (Phi) is 7.88. The van der Waals surface area contributed by atoms with Gasteiger partial charge in [-0.25, -0.2) is 9.97 Å². The summed E-state index contributed by atoms with van der Waals surface area (Å²) in [4.78, 5) is 28.9. The molecule has 9 heteroatoms. The van der Waals surface area contributed by atoms with Gasteiger partial charge in [0.25, 0.3) is 0 Å². The Morgan fingerprint density at radius 3 is 2.36 bits per heavy atom. The van der Waals surface area contributed by atoms with E-state index < -0.39 is 6.10 Å². The second kappa shape index (κ2) is 11.1. The van der Waals surface area contributed by atoms with Crippen LogP contribution in [-0.2, 0) is 4.79 Å². The monoisotopic (exact) mass is 512 g/mol. The highest BCUT2D eigenvalue weighted by Gasteiger charge is 2.38. The average molecular weight is 513 g/mol. The molecule has 4 atom stereocenters. The number of piperidine rings is 1. The molecular weight excluding hydrogens is 476 g/mol. The van der Waals surface area contributed by atoms with Gasteiger partial charge in [0, 0.05) is 55.9 Å². The molecule has 1 aliphatic carbocycles. The van der Waals surface area contributed by atoms with E-state index in [4.69, 9.17) is 11.6 Å². The molecular formula is C27H37ClN6O2. The van der Waals surface area contributed by atoms with Crippen LogP contribution in [0.1, 0.15) is 60.9 Å². The lowest BCUT2D eigenvalue weighted by molar-refractivity contribution is -0.113. The van der Waals surface area contributed by atoms with Crippen LogP contribution < -0.4 is 10.2 Å². The molecule has 0 amide bonds. The van der Waals surface area contributed by atoms with Crippen LogP contribution in [0.3, 0.4) is 0 Å². The number of hydrogen-bond donors (Lipinski definition) is 2. The van der Waals surface area contributed by atoms with E-state index in [1.54, 1.807) is 6.33 Å². The van der Waals surface area contributed by atoms with Crippen molar-refractivity contribution in [3.63, 3.8) is 0 Å². The van der Waals surface area contributed by atoms with E-state index in [0.29, 0.717) is 17.5 Å². The van der Waals surface area contributed by atoms with Gasteiger partial charge >= 0.3 is 0 Å². The summed E-state index contributed by atoms with van der Waals surface area (Å²) in [7, 11) is 2.03. The number of nitrogens with zero attached hydrogens (tertiary/aromatic N) is 5. The molecule has 2 aliphatic heterocycles. The number of halogens is 1. The topological polar surface area (TPSA) is 84.8 Å². The molecule has 8 nitrogen and oxygen atoms in total. The average Bonchev–Trinajstić information content (AvgIpc) is 3.21. The predicted octanol–water partition coefficient (Wildman–Crippen LogP) is 2.79. The lowest BCUT2D eigenvalue weighted by atomic mass is 9.93. The van der Waals surface area contributed by atoms with Gasteiger partial charge in [-0.2, -0.15) is 0 Å². The van der Waals surface area contributed by atoms with E-state index in [1.165, 1.54) is 0 Å². The standard InChI is InChI=1S/C27H37ClN6O2/c1-18-15-23(36)25-24(18)26(31-17-30-25)32-11-13-34(14-12-32)27(33-9-7-21(29-2)8-10-33)22(16-35)19-3-5-20(28)6-4-19/h3-6,16-18,21-23,27,29,36H,7-15H2,1-2H3/t18-,22?,23-,27?/m1/s1. The summed E-state index contributed by atoms with van der Waals surface area (Å²) in [6.45, 7) is 7.38. The number of rotatable bonds is 7. The van der Waals surface area contributed by atoms with Crippen LogP contribution in [0.4, 0.5) is 5.82 Å². The molecule has 2 fully saturated rings. The second-order valence-electron chi connectivity index (χ2n) is 10.4. The molecule has 2 N–H and O–H groups in total. The largest absolute Gasteiger partial charge is 0.387 e. The minimum absolute atomic E-state index is 0.000455. The molecule has 194 valence electrons. The van der Waals surface area contributed by atoms with E-state index >= 15 is 0 Å². The smallest absolute Gasteiger partial charge is 0.135 e. The quantitative estimate of drug-likeness (QED) is 0.548. The highest BCUT2D eigenvalue weighted by atomic mass is 35.5. The number of aliphatic hydroxyl groups is 1. The fourth-order valence-electron chi connectivity index (χ4n) is 6.30. The van der Waals surface area contributed by atoms with Crippen molar-refractivity contribution in [1.29, 1.82) is 0 Å². The van der Waals surface area contributed by atoms with Crippen LogP contribution in [0, 0.1) is 0 Å². The first kappa shape index (κ1) is 25.5. The van der Waals surface area contributed by atoms with Gasteiger partial charge in [-0.1, -0.05) is 30.7 Å². The first-order valence-electron chi connectivity index (χ1n) is 13.1. The van der Waals surface area contributed by atoms with Crippen LogP contribution in [0.2, 0.25) is 5.02 Å². The SMILES string of the molecule is CNC1CCN(C(C(C=O)c2ccc(Cl)cc2)N2CCN(c3ncnc4c3[C@H](C)C[C@H]4O)CC2)CC1. The van der Waals surface area contributed by atoms with Crippen molar-refractivity contribution in [2.45, 2.75) is 56.3 Å². The Balaban J connectivity index is 1.37. The maximum Gasteiger partial charge on any atom is 0.135 e. The molecule has 3 heterocycles. The number of aldehydes is 1. The molecule has 0 radical (unpaired) electrons. The number of piperazine rings is 1. The van der Waals surface area contributed by atoms with Gasteiger partial charge in [-0.15, -0.1) is 0 Å². The number of carbonyl (C=O) groups is 1. The Labute approximate surface area is 218 Å². The summed E-state index contributed by atoms with van der Waals surface area (Å²) >= 11 is 6.15. The van der Waals surface area contributed by atoms with Crippen molar-refractivity contribution in [2.24, 2.45) is 0 Å². The molecule has 36 heavy (non-hydrogen) atoms. The zero-order valence-electron chi connectivity index (χ0n) is 21.2. The first-order valence-corrected chi connectivity index (χ1v) is 13.5. The number of nitrogens with one attached hydrogen (secondary N) is 1. The summed E-state index contributed by atoms with van der Waals surface area (Å²) < 4.78 is 0. The first-order chi connectivity index (χ1) is 17.5. The van der Waals surface area contributed by atoms with Gasteiger partial charge in [0.2, 0.25) is 0 Å². The molecule has 2 aromatic rings. The lowest BCUT2D eigenvalue weighted by Gasteiger charge is -2.48. The molecule has 1 aromatic heterocycles. The Bertz CT molecular complexity index is 1040. The van der Waals surface area contributed by atoms with E-state index in [2.05, 4.69) is 36.9 Å². The summed E-state index contributed by atoms with van der Waals surface area (Å²) in [5.74, 6) is 0.952. The minimum Gasteiger partial charge on any atom is -0.387 e. The molecule has 2 unspecified atom stereocenters. The van der Waals surface area contributed by atoms with Gasteiger partial charge < -0.3 is 20.1 Å².